The molecule has 1 aromatic heterocycles. The first-order valence-corrected chi connectivity index (χ1v) is 11.5. The van der Waals surface area contributed by atoms with Crippen LogP contribution in [0.5, 0.6) is 11.5 Å². The quantitative estimate of drug-likeness (QED) is 0.479. The molecule has 0 N–H and O–H groups in total. The van der Waals surface area contributed by atoms with Gasteiger partial charge < -0.3 is 14.0 Å². The molecule has 0 saturated heterocycles. The lowest BCUT2D eigenvalue weighted by atomic mass is 9.75. The number of carbonyl (C=O) groups is 1. The van der Waals surface area contributed by atoms with Crippen LogP contribution in [0.3, 0.4) is 0 Å². The number of Topliss-reactive ketones (excluding diaryl/α,β-unsaturated/α-hetero) is 1. The molecule has 0 radical (unpaired) electrons. The Morgan fingerprint density at radius 2 is 1.82 bits per heavy atom. The van der Waals surface area contributed by atoms with Crippen molar-refractivity contribution in [3.05, 3.63) is 94.4 Å². The molecule has 0 saturated carbocycles. The van der Waals surface area contributed by atoms with Gasteiger partial charge in [0, 0.05) is 40.8 Å². The van der Waals surface area contributed by atoms with Gasteiger partial charge in [-0.05, 0) is 60.9 Å². The minimum Gasteiger partial charge on any atom is -0.454 e. The van der Waals surface area contributed by atoms with Crippen molar-refractivity contribution in [3.8, 4) is 17.6 Å². The summed E-state index contributed by atoms with van der Waals surface area (Å²) in [6.45, 7) is 0.161. The number of hydrogen-bond donors (Lipinski definition) is 0. The van der Waals surface area contributed by atoms with Gasteiger partial charge in [-0.3, -0.25) is 9.69 Å². The number of allylic oxidation sites excluding steroid dienone is 3. The van der Waals surface area contributed by atoms with Crippen molar-refractivity contribution in [2.45, 2.75) is 25.2 Å². The third-order valence-electron chi connectivity index (χ3n) is 6.49. The lowest BCUT2D eigenvalue weighted by molar-refractivity contribution is -0.116. The summed E-state index contributed by atoms with van der Waals surface area (Å²) in [5, 5.41) is 11.1. The average Bonchev–Trinajstić information content (AvgIpc) is 3.54. The first kappa shape index (κ1) is 20.6. The third-order valence-corrected chi connectivity index (χ3v) is 6.73. The van der Waals surface area contributed by atoms with Crippen molar-refractivity contribution in [1.82, 2.24) is 4.57 Å². The van der Waals surface area contributed by atoms with Gasteiger partial charge in [0.05, 0.1) is 17.6 Å². The normalized spacial score (nSPS) is 19.4. The number of halogens is 1. The van der Waals surface area contributed by atoms with Gasteiger partial charge >= 0.3 is 0 Å². The van der Waals surface area contributed by atoms with E-state index in [-0.39, 0.29) is 12.6 Å². The van der Waals surface area contributed by atoms with E-state index in [2.05, 4.69) is 6.07 Å². The largest absolute Gasteiger partial charge is 0.454 e. The van der Waals surface area contributed by atoms with Crippen LogP contribution in [0.2, 0.25) is 5.02 Å². The van der Waals surface area contributed by atoms with Crippen LogP contribution in [-0.2, 0) is 4.79 Å². The molecule has 3 aliphatic rings. The molecule has 3 aromatic rings. The van der Waals surface area contributed by atoms with Crippen LogP contribution in [0.4, 0.5) is 5.69 Å². The van der Waals surface area contributed by atoms with E-state index in [9.17, 15) is 10.1 Å². The van der Waals surface area contributed by atoms with Gasteiger partial charge in [-0.25, -0.2) is 0 Å². The molecule has 7 heteroatoms. The summed E-state index contributed by atoms with van der Waals surface area (Å²) < 4.78 is 13.0. The lowest BCUT2D eigenvalue weighted by Crippen LogP contribution is -2.36. The maximum Gasteiger partial charge on any atom is 0.231 e. The zero-order valence-corrected chi connectivity index (χ0v) is 19.0. The SMILES string of the molecule is N#CC1=C(n2cccc2)N(c2cccc(Cl)c2)C2=C(C(=O)CCC2)[C@H]1c1ccc2c(c1)OCO2. The molecule has 6 nitrogen and oxygen atoms in total. The minimum atomic E-state index is -0.505. The van der Waals surface area contributed by atoms with Gasteiger partial charge in [-0.15, -0.1) is 0 Å². The van der Waals surface area contributed by atoms with E-state index in [1.54, 1.807) is 0 Å². The second-order valence-corrected chi connectivity index (χ2v) is 8.87. The fraction of sp³-hybridized carbons (Fsp3) is 0.185. The van der Waals surface area contributed by atoms with E-state index in [1.807, 2.05) is 76.5 Å². The number of hydrogen-bond acceptors (Lipinski definition) is 5. The van der Waals surface area contributed by atoms with Crippen molar-refractivity contribution in [1.29, 1.82) is 5.26 Å². The Balaban J connectivity index is 1.65. The number of benzene rings is 2. The van der Waals surface area contributed by atoms with Crippen LogP contribution >= 0.6 is 11.6 Å². The molecule has 3 heterocycles. The number of ether oxygens (including phenoxy) is 2. The van der Waals surface area contributed by atoms with Crippen molar-refractivity contribution in [2.24, 2.45) is 0 Å². The van der Waals surface area contributed by atoms with Crippen molar-refractivity contribution in [3.63, 3.8) is 0 Å². The summed E-state index contributed by atoms with van der Waals surface area (Å²) in [5.41, 5.74) is 3.71. The summed E-state index contributed by atoms with van der Waals surface area (Å²) in [6.07, 6.45) is 5.76. The number of aromatic nitrogens is 1. The number of anilines is 1. The third kappa shape index (κ3) is 3.20. The topological polar surface area (TPSA) is 67.5 Å². The van der Waals surface area contributed by atoms with E-state index in [0.717, 1.165) is 29.8 Å². The van der Waals surface area contributed by atoms with Gasteiger partial charge in [0.1, 0.15) is 5.82 Å². The first-order valence-electron chi connectivity index (χ1n) is 11.1. The maximum absolute atomic E-state index is 13.4. The summed E-state index contributed by atoms with van der Waals surface area (Å²) in [5.74, 6) is 1.55. The van der Waals surface area contributed by atoms with Gasteiger partial charge in [0.25, 0.3) is 0 Å². The fourth-order valence-corrected chi connectivity index (χ4v) is 5.28. The molecule has 0 bridgehead atoms. The number of ketones is 1. The Morgan fingerprint density at radius 1 is 1.00 bits per heavy atom. The highest BCUT2D eigenvalue weighted by Gasteiger charge is 2.42. The minimum absolute atomic E-state index is 0.0650. The molecule has 1 atom stereocenters. The second-order valence-electron chi connectivity index (χ2n) is 8.44. The van der Waals surface area contributed by atoms with E-state index in [4.69, 9.17) is 21.1 Å². The molecule has 2 aliphatic heterocycles. The molecular formula is C27H20ClN3O3. The highest BCUT2D eigenvalue weighted by atomic mass is 35.5. The Bertz CT molecular complexity index is 1420. The molecule has 34 heavy (non-hydrogen) atoms. The monoisotopic (exact) mass is 469 g/mol. The molecule has 0 fully saturated rings. The summed E-state index contributed by atoms with van der Waals surface area (Å²) in [4.78, 5) is 15.5. The number of carbonyl (C=O) groups excluding carboxylic acids is 1. The zero-order chi connectivity index (χ0) is 23.2. The zero-order valence-electron chi connectivity index (χ0n) is 18.2. The molecule has 2 aromatic carbocycles. The van der Waals surface area contributed by atoms with Crippen LogP contribution in [0.25, 0.3) is 5.82 Å². The fourth-order valence-electron chi connectivity index (χ4n) is 5.09. The number of nitrogens with zero attached hydrogens (tertiary/aromatic N) is 3. The van der Waals surface area contributed by atoms with E-state index in [0.29, 0.717) is 39.9 Å². The molecule has 0 spiro atoms. The number of nitriles is 1. The molecule has 0 amide bonds. The second kappa shape index (κ2) is 8.12. The van der Waals surface area contributed by atoms with E-state index in [1.165, 1.54) is 0 Å². The smallest absolute Gasteiger partial charge is 0.231 e. The molecular weight excluding hydrogens is 450 g/mol. The number of fused-ring (bicyclic) bond motifs is 1. The van der Waals surface area contributed by atoms with Gasteiger partial charge in [0.15, 0.2) is 17.3 Å². The Labute approximate surface area is 201 Å². The van der Waals surface area contributed by atoms with Gasteiger partial charge in [0.2, 0.25) is 6.79 Å². The Hall–Kier alpha value is -3.95. The molecule has 1 aliphatic carbocycles. The number of rotatable bonds is 3. The predicted molar refractivity (Wildman–Crippen MR) is 128 cm³/mol. The van der Waals surface area contributed by atoms with Crippen molar-refractivity contribution in [2.75, 3.05) is 11.7 Å². The highest BCUT2D eigenvalue weighted by Crippen LogP contribution is 2.50. The summed E-state index contributed by atoms with van der Waals surface area (Å²) >= 11 is 6.37. The van der Waals surface area contributed by atoms with Crippen LogP contribution in [-0.4, -0.2) is 17.1 Å². The Kier molecular flexibility index (Phi) is 4.93. The predicted octanol–water partition coefficient (Wildman–Crippen LogP) is 5.87. The van der Waals surface area contributed by atoms with Crippen molar-refractivity contribution < 1.29 is 14.3 Å². The summed E-state index contributed by atoms with van der Waals surface area (Å²) in [6, 6.07) is 19.5. The molecule has 168 valence electrons. The van der Waals surface area contributed by atoms with Crippen LogP contribution < -0.4 is 14.4 Å². The Morgan fingerprint density at radius 3 is 2.62 bits per heavy atom. The standard InChI is InChI=1S/C27H20ClN3O3/c28-18-5-3-6-19(14-18)31-21-7-4-8-22(32)26(21)25(17-9-10-23-24(13-17)34-16-33-23)20(15-29)27(31)30-11-1-2-12-30/h1-3,5-6,9-14,25H,4,7-8,16H2/t25-/m0/s1. The first-order chi connectivity index (χ1) is 16.7. The van der Waals surface area contributed by atoms with Crippen LogP contribution in [0.1, 0.15) is 30.7 Å². The van der Waals surface area contributed by atoms with Crippen molar-refractivity contribution >= 4 is 28.9 Å². The average molecular weight is 470 g/mol. The molecule has 6 rings (SSSR count). The summed E-state index contributed by atoms with van der Waals surface area (Å²) in [7, 11) is 0. The van der Waals surface area contributed by atoms with Gasteiger partial charge in [-0.2, -0.15) is 5.26 Å². The van der Waals surface area contributed by atoms with E-state index < -0.39 is 5.92 Å². The van der Waals surface area contributed by atoms with Gasteiger partial charge in [-0.1, -0.05) is 23.7 Å². The van der Waals surface area contributed by atoms with Crippen LogP contribution in [0, 0.1) is 11.3 Å². The lowest BCUT2D eigenvalue weighted by Gasteiger charge is -2.41. The van der Waals surface area contributed by atoms with E-state index >= 15 is 0 Å². The highest BCUT2D eigenvalue weighted by molar-refractivity contribution is 6.30. The maximum atomic E-state index is 13.4. The van der Waals surface area contributed by atoms with Crippen LogP contribution in [0.15, 0.2) is 83.8 Å². The molecule has 0 unspecified atom stereocenters.